The molecule has 0 saturated carbocycles. The number of halogens is 4. The first-order chi connectivity index (χ1) is 8.90. The standard InChI is InChI=1S/C14H8Br3ClO/c1-7-4-13(17)10(6-12(7)16)14(19)9-5-8(18)2-3-11(9)15/h2-6H,1H3. The average molecular weight is 467 g/mol. The van der Waals surface area contributed by atoms with E-state index in [9.17, 15) is 4.79 Å². The fourth-order valence-electron chi connectivity index (χ4n) is 1.64. The van der Waals surface area contributed by atoms with Crippen molar-refractivity contribution in [2.24, 2.45) is 0 Å². The molecule has 0 fully saturated rings. The normalized spacial score (nSPS) is 10.6. The molecule has 0 aliphatic heterocycles. The van der Waals surface area contributed by atoms with Crippen LogP contribution < -0.4 is 0 Å². The SMILES string of the molecule is Cc1cc(Br)c(C(=O)c2cc(Cl)ccc2Br)cc1Br. The zero-order valence-electron chi connectivity index (χ0n) is 9.81. The molecule has 5 heteroatoms. The van der Waals surface area contributed by atoms with Crippen LogP contribution in [0.25, 0.3) is 0 Å². The summed E-state index contributed by atoms with van der Waals surface area (Å²) in [7, 11) is 0. The zero-order chi connectivity index (χ0) is 14.2. The van der Waals surface area contributed by atoms with Crippen molar-refractivity contribution in [1.82, 2.24) is 0 Å². The Kier molecular flexibility index (Phi) is 4.88. The van der Waals surface area contributed by atoms with Crippen molar-refractivity contribution in [3.05, 3.63) is 65.5 Å². The van der Waals surface area contributed by atoms with E-state index < -0.39 is 0 Å². The topological polar surface area (TPSA) is 17.1 Å². The highest BCUT2D eigenvalue weighted by molar-refractivity contribution is 9.11. The van der Waals surface area contributed by atoms with Crippen LogP contribution in [0.5, 0.6) is 0 Å². The molecule has 0 aromatic heterocycles. The maximum Gasteiger partial charge on any atom is 0.195 e. The number of hydrogen-bond acceptors (Lipinski definition) is 1. The van der Waals surface area contributed by atoms with Crippen LogP contribution in [0.1, 0.15) is 21.5 Å². The van der Waals surface area contributed by atoms with Crippen molar-refractivity contribution in [3.8, 4) is 0 Å². The van der Waals surface area contributed by atoms with E-state index in [1.807, 2.05) is 19.1 Å². The predicted octanol–water partition coefficient (Wildman–Crippen LogP) is 6.17. The molecule has 0 amide bonds. The summed E-state index contributed by atoms with van der Waals surface area (Å²) in [4.78, 5) is 12.6. The highest BCUT2D eigenvalue weighted by atomic mass is 79.9. The number of aryl methyl sites for hydroxylation is 1. The Bertz CT molecular complexity index is 668. The number of ketones is 1. The van der Waals surface area contributed by atoms with Crippen LogP contribution in [-0.2, 0) is 0 Å². The number of carbonyl (C=O) groups excluding carboxylic acids is 1. The summed E-state index contributed by atoms with van der Waals surface area (Å²) in [6.45, 7) is 1.97. The number of carbonyl (C=O) groups is 1. The molecule has 0 heterocycles. The lowest BCUT2D eigenvalue weighted by atomic mass is 10.0. The van der Waals surface area contributed by atoms with E-state index in [2.05, 4.69) is 47.8 Å². The van der Waals surface area contributed by atoms with Gasteiger partial charge in [0, 0.05) is 29.6 Å². The molecular formula is C14H8Br3ClO. The van der Waals surface area contributed by atoms with Crippen LogP contribution in [0.2, 0.25) is 5.02 Å². The van der Waals surface area contributed by atoms with Crippen LogP contribution in [-0.4, -0.2) is 5.78 Å². The van der Waals surface area contributed by atoms with Gasteiger partial charge in [-0.05, 0) is 42.8 Å². The molecule has 1 nitrogen and oxygen atoms in total. The highest BCUT2D eigenvalue weighted by Gasteiger charge is 2.17. The summed E-state index contributed by atoms with van der Waals surface area (Å²) < 4.78 is 2.40. The molecule has 0 atom stereocenters. The van der Waals surface area contributed by atoms with E-state index in [4.69, 9.17) is 11.6 Å². The summed E-state index contributed by atoms with van der Waals surface area (Å²) in [5.41, 5.74) is 2.21. The Balaban J connectivity index is 2.56. The minimum absolute atomic E-state index is 0.0815. The van der Waals surface area contributed by atoms with Crippen molar-refractivity contribution in [3.63, 3.8) is 0 Å². The Morgan fingerprint density at radius 3 is 2.26 bits per heavy atom. The molecule has 2 aromatic rings. The maximum absolute atomic E-state index is 12.6. The molecule has 0 aliphatic rings. The van der Waals surface area contributed by atoms with Crippen molar-refractivity contribution in [2.75, 3.05) is 0 Å². The number of benzene rings is 2. The molecule has 0 unspecified atom stereocenters. The maximum atomic E-state index is 12.6. The summed E-state index contributed by atoms with van der Waals surface area (Å²) >= 11 is 16.2. The first-order valence-electron chi connectivity index (χ1n) is 5.35. The van der Waals surface area contributed by atoms with Crippen LogP contribution in [0, 0.1) is 6.92 Å². The zero-order valence-corrected chi connectivity index (χ0v) is 15.3. The molecule has 0 spiro atoms. The highest BCUT2D eigenvalue weighted by Crippen LogP contribution is 2.30. The van der Waals surface area contributed by atoms with Crippen molar-refractivity contribution in [1.29, 1.82) is 0 Å². The molecule has 2 aromatic carbocycles. The Labute approximate surface area is 141 Å². The average Bonchev–Trinajstić information content (AvgIpc) is 2.36. The molecule has 0 N–H and O–H groups in total. The fraction of sp³-hybridized carbons (Fsp3) is 0.0714. The minimum atomic E-state index is -0.0815. The first-order valence-corrected chi connectivity index (χ1v) is 8.11. The lowest BCUT2D eigenvalue weighted by Crippen LogP contribution is -2.04. The van der Waals surface area contributed by atoms with Crippen LogP contribution in [0.4, 0.5) is 0 Å². The molecule has 0 bridgehead atoms. The summed E-state index contributed by atoms with van der Waals surface area (Å²) in [6.07, 6.45) is 0. The van der Waals surface area contributed by atoms with Crippen molar-refractivity contribution < 1.29 is 4.79 Å². The first kappa shape index (κ1) is 15.2. The Hall–Kier alpha value is -0.160. The third-order valence-electron chi connectivity index (χ3n) is 2.67. The lowest BCUT2D eigenvalue weighted by Gasteiger charge is -2.09. The van der Waals surface area contributed by atoms with Crippen LogP contribution in [0.15, 0.2) is 43.7 Å². The van der Waals surface area contributed by atoms with E-state index in [0.717, 1.165) is 19.0 Å². The van der Waals surface area contributed by atoms with Crippen LogP contribution >= 0.6 is 59.4 Å². The van der Waals surface area contributed by atoms with Gasteiger partial charge in [-0.25, -0.2) is 0 Å². The fourth-order valence-corrected chi connectivity index (χ4v) is 3.22. The molecule has 0 aliphatic carbocycles. The van der Waals surface area contributed by atoms with Gasteiger partial charge < -0.3 is 0 Å². The largest absolute Gasteiger partial charge is 0.289 e. The molecule has 2 rings (SSSR count). The molecule has 0 saturated heterocycles. The van der Waals surface area contributed by atoms with E-state index in [-0.39, 0.29) is 5.78 Å². The quantitative estimate of drug-likeness (QED) is 0.483. The van der Waals surface area contributed by atoms with Gasteiger partial charge in [-0.15, -0.1) is 0 Å². The van der Waals surface area contributed by atoms with Gasteiger partial charge in [-0.1, -0.05) is 59.4 Å². The second-order valence-electron chi connectivity index (χ2n) is 4.03. The van der Waals surface area contributed by atoms with E-state index in [1.165, 1.54) is 0 Å². The van der Waals surface area contributed by atoms with E-state index >= 15 is 0 Å². The third-order valence-corrected chi connectivity index (χ3v) is 5.10. The molecule has 98 valence electrons. The van der Waals surface area contributed by atoms with Gasteiger partial charge >= 0.3 is 0 Å². The summed E-state index contributed by atoms with van der Waals surface area (Å²) in [6, 6.07) is 8.90. The van der Waals surface area contributed by atoms with Gasteiger partial charge in [0.2, 0.25) is 0 Å². The van der Waals surface area contributed by atoms with Crippen molar-refractivity contribution >= 4 is 65.2 Å². The van der Waals surface area contributed by atoms with Gasteiger partial charge in [0.05, 0.1) is 0 Å². The second-order valence-corrected chi connectivity index (χ2v) is 7.03. The predicted molar refractivity (Wildman–Crippen MR) is 89.2 cm³/mol. The molecular weight excluding hydrogens is 459 g/mol. The Morgan fingerprint density at radius 2 is 1.58 bits per heavy atom. The molecule has 19 heavy (non-hydrogen) atoms. The van der Waals surface area contributed by atoms with Gasteiger partial charge in [0.1, 0.15) is 0 Å². The van der Waals surface area contributed by atoms with E-state index in [1.54, 1.807) is 18.2 Å². The van der Waals surface area contributed by atoms with Gasteiger partial charge in [0.25, 0.3) is 0 Å². The molecule has 0 radical (unpaired) electrons. The van der Waals surface area contributed by atoms with E-state index in [0.29, 0.717) is 16.1 Å². The van der Waals surface area contributed by atoms with Gasteiger partial charge in [0.15, 0.2) is 5.78 Å². The van der Waals surface area contributed by atoms with Crippen molar-refractivity contribution in [2.45, 2.75) is 6.92 Å². The second kappa shape index (κ2) is 6.08. The monoisotopic (exact) mass is 464 g/mol. The Morgan fingerprint density at radius 1 is 0.947 bits per heavy atom. The minimum Gasteiger partial charge on any atom is -0.289 e. The van der Waals surface area contributed by atoms with Gasteiger partial charge in [-0.2, -0.15) is 0 Å². The van der Waals surface area contributed by atoms with Crippen LogP contribution in [0.3, 0.4) is 0 Å². The number of rotatable bonds is 2. The summed E-state index contributed by atoms with van der Waals surface area (Å²) in [5, 5.41) is 0.536. The summed E-state index contributed by atoms with van der Waals surface area (Å²) in [5.74, 6) is -0.0815. The van der Waals surface area contributed by atoms with Gasteiger partial charge in [-0.3, -0.25) is 4.79 Å². The smallest absolute Gasteiger partial charge is 0.195 e. The number of hydrogen-bond donors (Lipinski definition) is 0. The third kappa shape index (κ3) is 3.30. The lowest BCUT2D eigenvalue weighted by molar-refractivity contribution is 0.103.